The summed E-state index contributed by atoms with van der Waals surface area (Å²) in [6.45, 7) is 0. The highest BCUT2D eigenvalue weighted by Gasteiger charge is 2.14. The molecule has 0 aliphatic carbocycles. The molecule has 0 atom stereocenters. The number of nitrogens with two attached hydrogens (primary N) is 1. The number of benzene rings is 2. The topological polar surface area (TPSA) is 55.1 Å². The van der Waals surface area contributed by atoms with Gasteiger partial charge in [0, 0.05) is 19.0 Å². The van der Waals surface area contributed by atoms with Crippen molar-refractivity contribution in [3.8, 4) is 0 Å². The zero-order chi connectivity index (χ0) is 15.6. The fraction of sp³-hybridized carbons (Fsp3) is 0. The zero-order valence-electron chi connectivity index (χ0n) is 10.5. The van der Waals surface area contributed by atoms with Crippen molar-refractivity contribution >= 4 is 76.6 Å². The summed E-state index contributed by atoms with van der Waals surface area (Å²) in [4.78, 5) is 12.6. The van der Waals surface area contributed by atoms with Crippen molar-refractivity contribution in [3.05, 3.63) is 60.9 Å². The van der Waals surface area contributed by atoms with Gasteiger partial charge in [-0.25, -0.2) is 0 Å². The van der Waals surface area contributed by atoms with Crippen LogP contribution in [0.25, 0.3) is 0 Å². The van der Waals surface area contributed by atoms with E-state index in [9.17, 15) is 4.79 Å². The van der Waals surface area contributed by atoms with Crippen LogP contribution in [0.2, 0.25) is 0 Å². The first-order valence-corrected chi connectivity index (χ1v) is 8.53. The Balaban J connectivity index is 2.36. The maximum absolute atomic E-state index is 12.4. The van der Waals surface area contributed by atoms with Crippen LogP contribution < -0.4 is 11.1 Å². The van der Waals surface area contributed by atoms with Crippen LogP contribution in [0, 0.1) is 0 Å². The van der Waals surface area contributed by atoms with E-state index in [0.717, 1.165) is 8.95 Å². The first-order valence-electron chi connectivity index (χ1n) is 5.74. The molecule has 0 aromatic heterocycles. The highest BCUT2D eigenvalue weighted by molar-refractivity contribution is 9.11. The average molecular weight is 493 g/mol. The van der Waals surface area contributed by atoms with Crippen molar-refractivity contribution < 1.29 is 4.79 Å². The summed E-state index contributed by atoms with van der Waals surface area (Å²) in [5.41, 5.74) is 7.39. The zero-order valence-corrected chi connectivity index (χ0v) is 16.1. The summed E-state index contributed by atoms with van der Waals surface area (Å²) in [5, 5.41) is 2.83. The number of carbonyl (C=O) groups is 1. The SMILES string of the molecule is NC(=S)c1cc(Br)ccc1NC(=O)c1cc(Br)ccc1Br. The van der Waals surface area contributed by atoms with Gasteiger partial charge in [0.15, 0.2) is 0 Å². The molecule has 3 N–H and O–H groups in total. The molecule has 2 aromatic rings. The van der Waals surface area contributed by atoms with Crippen LogP contribution in [0.4, 0.5) is 5.69 Å². The third-order valence-corrected chi connectivity index (χ3v) is 4.57. The number of nitrogens with one attached hydrogen (secondary N) is 1. The quantitative estimate of drug-likeness (QED) is 0.602. The van der Waals surface area contributed by atoms with Gasteiger partial charge >= 0.3 is 0 Å². The summed E-state index contributed by atoms with van der Waals surface area (Å²) in [5.74, 6) is -0.247. The molecule has 0 saturated carbocycles. The van der Waals surface area contributed by atoms with Crippen molar-refractivity contribution in [3.63, 3.8) is 0 Å². The molecule has 0 unspecified atom stereocenters. The minimum atomic E-state index is -0.247. The first kappa shape index (κ1) is 16.6. The summed E-state index contributed by atoms with van der Waals surface area (Å²) in [6, 6.07) is 10.7. The lowest BCUT2D eigenvalue weighted by atomic mass is 10.1. The van der Waals surface area contributed by atoms with Crippen LogP contribution >= 0.6 is 60.0 Å². The Kier molecular flexibility index (Phi) is 5.54. The minimum Gasteiger partial charge on any atom is -0.389 e. The van der Waals surface area contributed by atoms with Crippen LogP contribution in [-0.4, -0.2) is 10.9 Å². The van der Waals surface area contributed by atoms with Crippen LogP contribution in [0.5, 0.6) is 0 Å². The maximum atomic E-state index is 12.4. The molecule has 0 aliphatic heterocycles. The third kappa shape index (κ3) is 4.12. The monoisotopic (exact) mass is 490 g/mol. The van der Waals surface area contributed by atoms with E-state index in [1.54, 1.807) is 24.3 Å². The van der Waals surface area contributed by atoms with Gasteiger partial charge < -0.3 is 11.1 Å². The average Bonchev–Trinajstić information content (AvgIpc) is 2.43. The van der Waals surface area contributed by atoms with Crippen molar-refractivity contribution in [1.29, 1.82) is 0 Å². The van der Waals surface area contributed by atoms with E-state index in [1.165, 1.54) is 0 Å². The Labute approximate surface area is 152 Å². The van der Waals surface area contributed by atoms with Gasteiger partial charge in [-0.15, -0.1) is 0 Å². The van der Waals surface area contributed by atoms with Gasteiger partial charge in [-0.3, -0.25) is 4.79 Å². The van der Waals surface area contributed by atoms with Gasteiger partial charge in [0.25, 0.3) is 5.91 Å². The van der Waals surface area contributed by atoms with E-state index in [0.29, 0.717) is 21.3 Å². The lowest BCUT2D eigenvalue weighted by Gasteiger charge is -2.12. The summed E-state index contributed by atoms with van der Waals surface area (Å²) in [6.07, 6.45) is 0. The lowest BCUT2D eigenvalue weighted by molar-refractivity contribution is 0.102. The Hall–Kier alpha value is -0.760. The summed E-state index contributed by atoms with van der Waals surface area (Å²) < 4.78 is 2.37. The summed E-state index contributed by atoms with van der Waals surface area (Å²) in [7, 11) is 0. The van der Waals surface area contributed by atoms with Gasteiger partial charge in [0.05, 0.1) is 11.3 Å². The molecule has 0 saturated heterocycles. The van der Waals surface area contributed by atoms with Crippen LogP contribution in [0.3, 0.4) is 0 Å². The predicted molar refractivity (Wildman–Crippen MR) is 99.8 cm³/mol. The summed E-state index contributed by atoms with van der Waals surface area (Å²) >= 11 is 15.1. The number of rotatable bonds is 3. The van der Waals surface area contributed by atoms with Gasteiger partial charge in [0.2, 0.25) is 0 Å². The fourth-order valence-electron chi connectivity index (χ4n) is 1.69. The number of hydrogen-bond donors (Lipinski definition) is 2. The third-order valence-electron chi connectivity index (χ3n) is 2.67. The molecule has 108 valence electrons. The van der Waals surface area contributed by atoms with Crippen LogP contribution in [0.15, 0.2) is 49.8 Å². The van der Waals surface area contributed by atoms with E-state index >= 15 is 0 Å². The number of thiocarbonyl (C=S) groups is 1. The smallest absolute Gasteiger partial charge is 0.256 e. The molecule has 21 heavy (non-hydrogen) atoms. The van der Waals surface area contributed by atoms with Gasteiger partial charge in [-0.1, -0.05) is 44.1 Å². The number of hydrogen-bond acceptors (Lipinski definition) is 2. The molecular formula is C14H9Br3N2OS. The van der Waals surface area contributed by atoms with E-state index in [4.69, 9.17) is 18.0 Å². The number of anilines is 1. The second-order valence-electron chi connectivity index (χ2n) is 4.13. The Bertz CT molecular complexity index is 734. The number of carbonyl (C=O) groups excluding carboxylic acids is 1. The van der Waals surface area contributed by atoms with Crippen molar-refractivity contribution in [2.45, 2.75) is 0 Å². The molecule has 3 nitrogen and oxygen atoms in total. The highest BCUT2D eigenvalue weighted by atomic mass is 79.9. The van der Waals surface area contributed by atoms with Crippen molar-refractivity contribution in [2.24, 2.45) is 5.73 Å². The molecule has 1 amide bonds. The molecule has 2 aromatic carbocycles. The van der Waals surface area contributed by atoms with Gasteiger partial charge in [-0.2, -0.15) is 0 Å². The van der Waals surface area contributed by atoms with Crippen molar-refractivity contribution in [1.82, 2.24) is 0 Å². The standard InChI is InChI=1S/C14H9Br3N2OS/c15-7-1-3-11(17)9(5-7)14(20)19-12-4-2-8(16)6-10(12)13(18)21/h1-6H,(H2,18,21)(H,19,20). The van der Waals surface area contributed by atoms with E-state index in [1.807, 2.05) is 12.1 Å². The lowest BCUT2D eigenvalue weighted by Crippen LogP contribution is -2.18. The fourth-order valence-corrected chi connectivity index (χ4v) is 3.01. The minimum absolute atomic E-state index is 0.222. The first-order chi connectivity index (χ1) is 9.88. The van der Waals surface area contributed by atoms with Gasteiger partial charge in [-0.05, 0) is 52.3 Å². The van der Waals surface area contributed by atoms with E-state index in [2.05, 4.69) is 53.1 Å². The second-order valence-corrected chi connectivity index (χ2v) is 7.26. The molecule has 7 heteroatoms. The number of amides is 1. The molecule has 2 rings (SSSR count). The van der Waals surface area contributed by atoms with E-state index in [-0.39, 0.29) is 10.9 Å². The largest absolute Gasteiger partial charge is 0.389 e. The predicted octanol–water partition coefficient (Wildman–Crippen LogP) is 4.86. The second kappa shape index (κ2) is 7.00. The Morgan fingerprint density at radius 3 is 2.19 bits per heavy atom. The number of halogens is 3. The van der Waals surface area contributed by atoms with E-state index < -0.39 is 0 Å². The molecule has 0 aliphatic rings. The van der Waals surface area contributed by atoms with Crippen molar-refractivity contribution in [2.75, 3.05) is 5.32 Å². The molecular weight excluding hydrogens is 484 g/mol. The molecule has 0 spiro atoms. The molecule has 0 radical (unpaired) electrons. The molecule has 0 bridgehead atoms. The van der Waals surface area contributed by atoms with Crippen LogP contribution in [0.1, 0.15) is 15.9 Å². The Morgan fingerprint density at radius 1 is 1.00 bits per heavy atom. The highest BCUT2D eigenvalue weighted by Crippen LogP contribution is 2.25. The molecule has 0 heterocycles. The normalized spacial score (nSPS) is 10.2. The van der Waals surface area contributed by atoms with Gasteiger partial charge in [0.1, 0.15) is 4.99 Å². The maximum Gasteiger partial charge on any atom is 0.256 e. The Morgan fingerprint density at radius 2 is 1.57 bits per heavy atom. The van der Waals surface area contributed by atoms with Crippen LogP contribution in [-0.2, 0) is 0 Å². The molecule has 0 fully saturated rings.